The number of hydrogen-bond acceptors (Lipinski definition) is 4. The molecule has 5 heteroatoms. The molecule has 4 aliphatic heterocycles. The van der Waals surface area contributed by atoms with Gasteiger partial charge < -0.3 is 14.4 Å². The van der Waals surface area contributed by atoms with Crippen LogP contribution in [-0.4, -0.2) is 49.9 Å². The van der Waals surface area contributed by atoms with Gasteiger partial charge in [0.05, 0.1) is 24.3 Å². The molecule has 1 aliphatic carbocycles. The Balaban J connectivity index is 1.68. The summed E-state index contributed by atoms with van der Waals surface area (Å²) in [5.41, 5.74) is 2.16. The van der Waals surface area contributed by atoms with Crippen molar-refractivity contribution in [2.75, 3.05) is 31.7 Å². The van der Waals surface area contributed by atoms with Gasteiger partial charge in [-0.1, -0.05) is 12.1 Å². The van der Waals surface area contributed by atoms with E-state index in [4.69, 9.17) is 9.47 Å². The van der Waals surface area contributed by atoms with Crippen molar-refractivity contribution in [2.45, 2.75) is 55.7 Å². The monoisotopic (exact) mass is 354 g/mol. The third-order valence-corrected chi connectivity index (χ3v) is 8.39. The molecule has 4 fully saturated rings. The summed E-state index contributed by atoms with van der Waals surface area (Å²) in [6.07, 6.45) is 8.03. The van der Waals surface area contributed by atoms with Crippen LogP contribution in [0.2, 0.25) is 0 Å². The van der Waals surface area contributed by atoms with Crippen molar-refractivity contribution in [2.24, 2.45) is 5.41 Å². The zero-order chi connectivity index (χ0) is 17.6. The highest BCUT2D eigenvalue weighted by molar-refractivity contribution is 5.87. The standard InChI is InChI=1S/C21H26N2O3/c1-25-16-5-2-4-15-18(16)23(14-24)17-6-8-19-7-3-11-22-12-9-20(15,17)21(19,22)26-13-10-19/h2,4-5,14,17H,3,6-13H2,1H3/t17-,19-,20-,21+/m1/s1. The van der Waals surface area contributed by atoms with Gasteiger partial charge in [0.2, 0.25) is 6.41 Å². The number of carbonyl (C=O) groups excluding carboxylic acids is 1. The fourth-order valence-electron chi connectivity index (χ4n) is 7.78. The minimum absolute atomic E-state index is 0.118. The lowest BCUT2D eigenvalue weighted by molar-refractivity contribution is -0.231. The van der Waals surface area contributed by atoms with E-state index in [0.717, 1.165) is 56.8 Å². The van der Waals surface area contributed by atoms with Gasteiger partial charge in [0, 0.05) is 25.1 Å². The SMILES string of the molecule is COc1cccc2c1N(C=O)[C@@H]1CC[C@@]34CCCN5CC[C@@]21[C@]53OCC4. The second-order valence-electron chi connectivity index (χ2n) is 8.76. The van der Waals surface area contributed by atoms with Crippen molar-refractivity contribution in [3.05, 3.63) is 23.8 Å². The van der Waals surface area contributed by atoms with E-state index in [2.05, 4.69) is 17.0 Å². The Hall–Kier alpha value is -1.59. The molecular weight excluding hydrogens is 328 g/mol. The first-order valence-corrected chi connectivity index (χ1v) is 10.0. The molecule has 4 atom stereocenters. The number of ether oxygens (including phenoxy) is 2. The zero-order valence-electron chi connectivity index (χ0n) is 15.4. The highest BCUT2D eigenvalue weighted by Crippen LogP contribution is 2.73. The minimum Gasteiger partial charge on any atom is -0.495 e. The highest BCUT2D eigenvalue weighted by Gasteiger charge is 2.79. The van der Waals surface area contributed by atoms with Crippen molar-refractivity contribution in [1.29, 1.82) is 0 Å². The van der Waals surface area contributed by atoms with Crippen LogP contribution in [0.1, 0.15) is 44.1 Å². The normalized spacial score (nSPS) is 42.8. The molecule has 0 bridgehead atoms. The average Bonchev–Trinajstić information content (AvgIpc) is 3.31. The Bertz CT molecular complexity index is 797. The Morgan fingerprint density at radius 1 is 1.23 bits per heavy atom. The number of hydrogen-bond donors (Lipinski definition) is 0. The Morgan fingerprint density at radius 2 is 2.15 bits per heavy atom. The molecule has 5 nitrogen and oxygen atoms in total. The van der Waals surface area contributed by atoms with Crippen LogP contribution < -0.4 is 9.64 Å². The van der Waals surface area contributed by atoms with Gasteiger partial charge in [-0.25, -0.2) is 0 Å². The quantitative estimate of drug-likeness (QED) is 0.766. The summed E-state index contributed by atoms with van der Waals surface area (Å²) in [6.45, 7) is 3.05. The topological polar surface area (TPSA) is 42.0 Å². The number of amides is 1. The molecule has 138 valence electrons. The molecule has 1 aromatic rings. The predicted molar refractivity (Wildman–Crippen MR) is 97.4 cm³/mol. The number of rotatable bonds is 2. The van der Waals surface area contributed by atoms with Gasteiger partial charge >= 0.3 is 0 Å². The second-order valence-corrected chi connectivity index (χ2v) is 8.76. The molecule has 5 aliphatic rings. The molecule has 1 saturated carbocycles. The van der Waals surface area contributed by atoms with E-state index in [0.29, 0.717) is 0 Å². The number of anilines is 1. The summed E-state index contributed by atoms with van der Waals surface area (Å²) in [5, 5.41) is 0. The first-order valence-electron chi connectivity index (χ1n) is 10.0. The van der Waals surface area contributed by atoms with E-state index in [1.165, 1.54) is 24.8 Å². The molecule has 26 heavy (non-hydrogen) atoms. The van der Waals surface area contributed by atoms with Crippen LogP contribution in [0.15, 0.2) is 18.2 Å². The summed E-state index contributed by atoms with van der Waals surface area (Å²) in [6, 6.07) is 6.49. The van der Waals surface area contributed by atoms with Crippen LogP contribution in [0.3, 0.4) is 0 Å². The lowest BCUT2D eigenvalue weighted by Crippen LogP contribution is -2.72. The fraction of sp³-hybridized carbons (Fsp3) is 0.667. The molecular formula is C21H26N2O3. The summed E-state index contributed by atoms with van der Waals surface area (Å²) >= 11 is 0. The summed E-state index contributed by atoms with van der Waals surface area (Å²) in [7, 11) is 1.70. The maximum absolute atomic E-state index is 12.2. The number of methoxy groups -OCH3 is 1. The average molecular weight is 354 g/mol. The molecule has 0 aromatic heterocycles. The molecule has 0 N–H and O–H groups in total. The number of benzene rings is 1. The van der Waals surface area contributed by atoms with Crippen molar-refractivity contribution >= 4 is 12.1 Å². The third kappa shape index (κ3) is 1.34. The van der Waals surface area contributed by atoms with Crippen molar-refractivity contribution < 1.29 is 14.3 Å². The van der Waals surface area contributed by atoms with E-state index in [9.17, 15) is 4.79 Å². The van der Waals surface area contributed by atoms with Crippen molar-refractivity contribution in [3.63, 3.8) is 0 Å². The van der Waals surface area contributed by atoms with Gasteiger partial charge in [-0.15, -0.1) is 0 Å². The van der Waals surface area contributed by atoms with Crippen LogP contribution in [-0.2, 0) is 14.9 Å². The maximum Gasteiger partial charge on any atom is 0.214 e. The molecule has 0 radical (unpaired) electrons. The lowest BCUT2D eigenvalue weighted by Gasteiger charge is -2.62. The van der Waals surface area contributed by atoms with Crippen molar-refractivity contribution in [3.8, 4) is 5.75 Å². The second kappa shape index (κ2) is 4.82. The van der Waals surface area contributed by atoms with Gasteiger partial charge in [0.1, 0.15) is 11.5 Å². The van der Waals surface area contributed by atoms with Crippen LogP contribution in [0.5, 0.6) is 5.75 Å². The van der Waals surface area contributed by atoms with Crippen molar-refractivity contribution in [1.82, 2.24) is 4.90 Å². The van der Waals surface area contributed by atoms with E-state index >= 15 is 0 Å². The van der Waals surface area contributed by atoms with Crippen LogP contribution in [0, 0.1) is 5.41 Å². The number of piperidine rings is 1. The molecule has 4 heterocycles. The predicted octanol–water partition coefficient (Wildman–Crippen LogP) is 2.67. The molecule has 6 rings (SSSR count). The van der Waals surface area contributed by atoms with Gasteiger partial charge in [0.25, 0.3) is 0 Å². The summed E-state index contributed by atoms with van der Waals surface area (Å²) < 4.78 is 12.5. The van der Waals surface area contributed by atoms with Gasteiger partial charge in [-0.2, -0.15) is 0 Å². The zero-order valence-corrected chi connectivity index (χ0v) is 15.4. The maximum atomic E-state index is 12.2. The van der Waals surface area contributed by atoms with Crippen LogP contribution in [0.25, 0.3) is 0 Å². The number of carbonyl (C=O) groups is 1. The first kappa shape index (κ1) is 15.5. The molecule has 1 amide bonds. The van der Waals surface area contributed by atoms with E-state index in [1.807, 2.05) is 11.0 Å². The van der Waals surface area contributed by atoms with Gasteiger partial charge in [-0.05, 0) is 50.2 Å². The lowest BCUT2D eigenvalue weighted by atomic mass is 9.50. The van der Waals surface area contributed by atoms with Crippen LogP contribution >= 0.6 is 0 Å². The Morgan fingerprint density at radius 3 is 3.00 bits per heavy atom. The van der Waals surface area contributed by atoms with E-state index in [-0.39, 0.29) is 22.6 Å². The highest BCUT2D eigenvalue weighted by atomic mass is 16.5. The van der Waals surface area contributed by atoms with E-state index < -0.39 is 0 Å². The smallest absolute Gasteiger partial charge is 0.214 e. The van der Waals surface area contributed by atoms with Gasteiger partial charge in [0.15, 0.2) is 0 Å². The molecule has 2 spiro atoms. The number of nitrogens with zero attached hydrogens (tertiary/aromatic N) is 2. The molecule has 3 saturated heterocycles. The number of para-hydroxylation sites is 1. The first-order chi connectivity index (χ1) is 12.7. The van der Waals surface area contributed by atoms with Crippen LogP contribution in [0.4, 0.5) is 5.69 Å². The minimum atomic E-state index is -0.236. The molecule has 1 aromatic carbocycles. The molecule has 0 unspecified atom stereocenters. The Kier molecular flexibility index (Phi) is 2.86. The van der Waals surface area contributed by atoms with Gasteiger partial charge in [-0.3, -0.25) is 9.69 Å². The number of fused-ring (bicyclic) bond motifs is 1. The van der Waals surface area contributed by atoms with E-state index in [1.54, 1.807) is 7.11 Å². The Labute approximate surface area is 154 Å². The third-order valence-electron chi connectivity index (χ3n) is 8.39. The summed E-state index contributed by atoms with van der Waals surface area (Å²) in [4.78, 5) is 16.9. The summed E-state index contributed by atoms with van der Waals surface area (Å²) in [5.74, 6) is 0.813. The largest absolute Gasteiger partial charge is 0.495 e. The fourth-order valence-corrected chi connectivity index (χ4v) is 7.78.